The fourth-order valence-electron chi connectivity index (χ4n) is 3.29. The standard InChI is InChI=1S/C21H25F2NO/c1-2-15-4-3-5-17(10-15)21(8-9-21)24-14-20(25)7-6-16-11-18(22)13-19(23)12-16/h3-5,10-13,20,24-25H,2,6-9,14H2,1H3. The highest BCUT2D eigenvalue weighted by Crippen LogP contribution is 2.45. The minimum Gasteiger partial charge on any atom is -0.392 e. The average Bonchev–Trinajstić information content (AvgIpc) is 3.39. The molecule has 1 unspecified atom stereocenters. The van der Waals surface area contributed by atoms with Gasteiger partial charge in [0, 0.05) is 18.2 Å². The summed E-state index contributed by atoms with van der Waals surface area (Å²) in [4.78, 5) is 0. The van der Waals surface area contributed by atoms with Crippen molar-refractivity contribution in [3.8, 4) is 0 Å². The van der Waals surface area contributed by atoms with Gasteiger partial charge in [-0.25, -0.2) is 8.78 Å². The van der Waals surface area contributed by atoms with Gasteiger partial charge in [-0.15, -0.1) is 0 Å². The molecule has 0 heterocycles. The molecule has 2 nitrogen and oxygen atoms in total. The van der Waals surface area contributed by atoms with Gasteiger partial charge in [0.15, 0.2) is 0 Å². The first kappa shape index (κ1) is 18.0. The first-order valence-corrected chi connectivity index (χ1v) is 8.98. The van der Waals surface area contributed by atoms with Crippen molar-refractivity contribution in [2.75, 3.05) is 6.54 Å². The van der Waals surface area contributed by atoms with Gasteiger partial charge in [-0.1, -0.05) is 31.2 Å². The van der Waals surface area contributed by atoms with Crippen LogP contribution in [0.5, 0.6) is 0 Å². The molecule has 1 aliphatic carbocycles. The first-order valence-electron chi connectivity index (χ1n) is 8.98. The number of hydrogen-bond acceptors (Lipinski definition) is 2. The molecule has 1 saturated carbocycles. The quantitative estimate of drug-likeness (QED) is 0.755. The molecule has 2 N–H and O–H groups in total. The Morgan fingerprint density at radius 1 is 1.08 bits per heavy atom. The fourth-order valence-corrected chi connectivity index (χ4v) is 3.29. The summed E-state index contributed by atoms with van der Waals surface area (Å²) in [5.41, 5.74) is 3.16. The largest absolute Gasteiger partial charge is 0.392 e. The molecule has 0 radical (unpaired) electrons. The molecular formula is C21H25F2NO. The monoisotopic (exact) mass is 345 g/mol. The Morgan fingerprint density at radius 3 is 2.44 bits per heavy atom. The number of nitrogens with one attached hydrogen (secondary N) is 1. The van der Waals surface area contributed by atoms with Crippen LogP contribution in [0.15, 0.2) is 42.5 Å². The second-order valence-corrected chi connectivity index (χ2v) is 6.99. The van der Waals surface area contributed by atoms with E-state index < -0.39 is 17.7 Å². The van der Waals surface area contributed by atoms with Gasteiger partial charge in [0.2, 0.25) is 0 Å². The van der Waals surface area contributed by atoms with Crippen molar-refractivity contribution in [1.29, 1.82) is 0 Å². The zero-order valence-electron chi connectivity index (χ0n) is 14.6. The van der Waals surface area contributed by atoms with Crippen LogP contribution in [0, 0.1) is 11.6 Å². The van der Waals surface area contributed by atoms with Gasteiger partial charge in [-0.05, 0) is 60.9 Å². The Kier molecular flexibility index (Phi) is 5.50. The van der Waals surface area contributed by atoms with Crippen molar-refractivity contribution in [3.05, 3.63) is 70.8 Å². The van der Waals surface area contributed by atoms with Crippen LogP contribution in [0.3, 0.4) is 0 Å². The molecule has 1 aliphatic rings. The number of rotatable bonds is 8. The van der Waals surface area contributed by atoms with E-state index in [0.717, 1.165) is 25.3 Å². The van der Waals surface area contributed by atoms with Crippen molar-refractivity contribution in [2.24, 2.45) is 0 Å². The highest BCUT2D eigenvalue weighted by Gasteiger charge is 2.43. The maximum absolute atomic E-state index is 13.2. The number of benzene rings is 2. The van der Waals surface area contributed by atoms with E-state index in [1.807, 2.05) is 0 Å². The Labute approximate surface area is 147 Å². The highest BCUT2D eigenvalue weighted by atomic mass is 19.1. The summed E-state index contributed by atoms with van der Waals surface area (Å²) in [5, 5.41) is 13.7. The van der Waals surface area contributed by atoms with Crippen molar-refractivity contribution in [1.82, 2.24) is 5.32 Å². The van der Waals surface area contributed by atoms with Gasteiger partial charge >= 0.3 is 0 Å². The molecule has 1 atom stereocenters. The van der Waals surface area contributed by atoms with Crippen LogP contribution in [0.4, 0.5) is 8.78 Å². The lowest BCUT2D eigenvalue weighted by Gasteiger charge is -2.21. The molecule has 2 aromatic rings. The second kappa shape index (κ2) is 7.63. The number of aliphatic hydroxyl groups excluding tert-OH is 1. The van der Waals surface area contributed by atoms with Crippen LogP contribution in [-0.2, 0) is 18.4 Å². The molecule has 2 aromatic carbocycles. The molecule has 0 bridgehead atoms. The minimum atomic E-state index is -0.574. The normalized spacial score (nSPS) is 16.6. The third kappa shape index (κ3) is 4.65. The molecular weight excluding hydrogens is 320 g/mol. The van der Waals surface area contributed by atoms with Crippen molar-refractivity contribution in [3.63, 3.8) is 0 Å². The molecule has 0 aliphatic heterocycles. The summed E-state index contributed by atoms with van der Waals surface area (Å²) in [7, 11) is 0. The number of halogens is 2. The van der Waals surface area contributed by atoms with Gasteiger partial charge in [0.05, 0.1) is 6.10 Å². The number of hydrogen-bond donors (Lipinski definition) is 2. The van der Waals surface area contributed by atoms with Crippen LogP contribution in [0.2, 0.25) is 0 Å². The van der Waals surface area contributed by atoms with Gasteiger partial charge in [0.1, 0.15) is 11.6 Å². The third-order valence-corrected chi connectivity index (χ3v) is 5.00. The highest BCUT2D eigenvalue weighted by molar-refractivity contribution is 5.34. The zero-order valence-corrected chi connectivity index (χ0v) is 14.6. The van der Waals surface area contributed by atoms with Crippen LogP contribution < -0.4 is 5.32 Å². The third-order valence-electron chi connectivity index (χ3n) is 5.00. The van der Waals surface area contributed by atoms with E-state index in [-0.39, 0.29) is 5.54 Å². The van der Waals surface area contributed by atoms with Crippen LogP contribution >= 0.6 is 0 Å². The molecule has 1 fully saturated rings. The summed E-state index contributed by atoms with van der Waals surface area (Å²) >= 11 is 0. The summed E-state index contributed by atoms with van der Waals surface area (Å²) in [6.45, 7) is 2.62. The Morgan fingerprint density at radius 2 is 1.80 bits per heavy atom. The van der Waals surface area contributed by atoms with Crippen molar-refractivity contribution < 1.29 is 13.9 Å². The summed E-state index contributed by atoms with van der Waals surface area (Å²) < 4.78 is 26.4. The molecule has 0 spiro atoms. The Hall–Kier alpha value is -1.78. The Bertz CT molecular complexity index is 707. The topological polar surface area (TPSA) is 32.3 Å². The molecule has 134 valence electrons. The molecule has 4 heteroatoms. The van der Waals surface area contributed by atoms with Crippen molar-refractivity contribution in [2.45, 2.75) is 50.7 Å². The van der Waals surface area contributed by atoms with E-state index in [2.05, 4.69) is 36.5 Å². The summed E-state index contributed by atoms with van der Waals surface area (Å²) in [6.07, 6.45) is 3.54. The van der Waals surface area contributed by atoms with Gasteiger partial charge < -0.3 is 10.4 Å². The SMILES string of the molecule is CCc1cccc(C2(NCC(O)CCc3cc(F)cc(F)c3)CC2)c1. The maximum atomic E-state index is 13.2. The maximum Gasteiger partial charge on any atom is 0.126 e. The number of aryl methyl sites for hydroxylation is 2. The summed E-state index contributed by atoms with van der Waals surface area (Å²) in [6, 6.07) is 12.1. The van der Waals surface area contributed by atoms with E-state index in [0.29, 0.717) is 24.9 Å². The Balaban J connectivity index is 1.52. The number of aliphatic hydroxyl groups is 1. The molecule has 0 saturated heterocycles. The summed E-state index contributed by atoms with van der Waals surface area (Å²) in [5.74, 6) is -1.15. The minimum absolute atomic E-state index is 0.0167. The lowest BCUT2D eigenvalue weighted by Crippen LogP contribution is -2.36. The van der Waals surface area contributed by atoms with Gasteiger partial charge in [-0.3, -0.25) is 0 Å². The lowest BCUT2D eigenvalue weighted by atomic mass is 10.00. The zero-order chi connectivity index (χ0) is 17.9. The fraction of sp³-hybridized carbons (Fsp3) is 0.429. The predicted molar refractivity (Wildman–Crippen MR) is 95.4 cm³/mol. The molecule has 0 aromatic heterocycles. The molecule has 0 amide bonds. The molecule has 25 heavy (non-hydrogen) atoms. The molecule has 3 rings (SSSR count). The average molecular weight is 345 g/mol. The second-order valence-electron chi connectivity index (χ2n) is 6.99. The smallest absolute Gasteiger partial charge is 0.126 e. The lowest BCUT2D eigenvalue weighted by molar-refractivity contribution is 0.155. The van der Waals surface area contributed by atoms with E-state index >= 15 is 0 Å². The van der Waals surface area contributed by atoms with Crippen molar-refractivity contribution >= 4 is 0 Å². The van der Waals surface area contributed by atoms with Crippen LogP contribution in [0.1, 0.15) is 42.9 Å². The van der Waals surface area contributed by atoms with E-state index in [1.165, 1.54) is 23.3 Å². The first-order chi connectivity index (χ1) is 12.0. The van der Waals surface area contributed by atoms with E-state index in [1.54, 1.807) is 0 Å². The van der Waals surface area contributed by atoms with E-state index in [9.17, 15) is 13.9 Å². The predicted octanol–water partition coefficient (Wildman–Crippen LogP) is 4.10. The van der Waals surface area contributed by atoms with Gasteiger partial charge in [-0.2, -0.15) is 0 Å². The van der Waals surface area contributed by atoms with E-state index in [4.69, 9.17) is 0 Å². The van der Waals surface area contributed by atoms with Crippen LogP contribution in [-0.4, -0.2) is 17.8 Å². The van der Waals surface area contributed by atoms with Crippen LogP contribution in [0.25, 0.3) is 0 Å². The van der Waals surface area contributed by atoms with Gasteiger partial charge in [0.25, 0.3) is 0 Å².